The third-order valence-electron chi connectivity index (χ3n) is 6.65. The second-order valence-corrected chi connectivity index (χ2v) is 9.03. The summed E-state index contributed by atoms with van der Waals surface area (Å²) in [7, 11) is 0. The van der Waals surface area contributed by atoms with Crippen molar-refractivity contribution in [3.63, 3.8) is 0 Å². The molecule has 170 valence electrons. The monoisotopic (exact) mass is 441 g/mol. The summed E-state index contributed by atoms with van der Waals surface area (Å²) < 4.78 is 1.84. The van der Waals surface area contributed by atoms with Crippen molar-refractivity contribution in [3.8, 4) is 22.3 Å². The lowest BCUT2D eigenvalue weighted by Crippen LogP contribution is -2.55. The van der Waals surface area contributed by atoms with E-state index in [1.54, 1.807) is 0 Å². The van der Waals surface area contributed by atoms with Crippen LogP contribution in [0.25, 0.3) is 27.9 Å². The first-order valence-electron chi connectivity index (χ1n) is 11.8. The van der Waals surface area contributed by atoms with Gasteiger partial charge in [0.1, 0.15) is 0 Å². The second kappa shape index (κ2) is 8.96. The van der Waals surface area contributed by atoms with Gasteiger partial charge in [-0.3, -0.25) is 0 Å². The number of aromatic nitrogens is 3. The van der Waals surface area contributed by atoms with Gasteiger partial charge in [0.15, 0.2) is 5.65 Å². The van der Waals surface area contributed by atoms with Gasteiger partial charge in [-0.15, -0.1) is 0 Å². The van der Waals surface area contributed by atoms with Crippen LogP contribution in [0.5, 0.6) is 0 Å². The number of rotatable bonds is 5. The maximum absolute atomic E-state index is 10.2. The fraction of sp³-hybridized carbons (Fsp3) is 0.333. The van der Waals surface area contributed by atoms with Gasteiger partial charge >= 0.3 is 0 Å². The third-order valence-corrected chi connectivity index (χ3v) is 6.65. The molecule has 1 fully saturated rings. The molecule has 6 nitrogen and oxygen atoms in total. The molecule has 0 radical (unpaired) electrons. The van der Waals surface area contributed by atoms with Crippen LogP contribution in [0.1, 0.15) is 38.9 Å². The zero-order chi connectivity index (χ0) is 22.9. The van der Waals surface area contributed by atoms with Crippen LogP contribution < -0.4 is 10.2 Å². The van der Waals surface area contributed by atoms with Crippen LogP contribution in [-0.2, 0) is 0 Å². The van der Waals surface area contributed by atoms with Crippen molar-refractivity contribution in [2.75, 3.05) is 18.0 Å². The molecule has 33 heavy (non-hydrogen) atoms. The predicted octanol–water partition coefficient (Wildman–Crippen LogP) is 4.69. The summed E-state index contributed by atoms with van der Waals surface area (Å²) in [6.07, 6.45) is 6.02. The van der Waals surface area contributed by atoms with E-state index in [0.29, 0.717) is 18.5 Å². The molecule has 6 heteroatoms. The van der Waals surface area contributed by atoms with Crippen LogP contribution in [0.2, 0.25) is 0 Å². The first kappa shape index (κ1) is 21.6. The second-order valence-electron chi connectivity index (χ2n) is 9.03. The molecule has 1 aliphatic heterocycles. The van der Waals surface area contributed by atoms with Crippen LogP contribution >= 0.6 is 0 Å². The topological polar surface area (TPSA) is 65.7 Å². The average Bonchev–Trinajstić information content (AvgIpc) is 3.27. The van der Waals surface area contributed by atoms with Crippen molar-refractivity contribution in [2.24, 2.45) is 0 Å². The summed E-state index contributed by atoms with van der Waals surface area (Å²) in [5, 5.41) is 18.3. The fourth-order valence-corrected chi connectivity index (χ4v) is 4.84. The lowest BCUT2D eigenvalue weighted by molar-refractivity contribution is 0.174. The molecule has 1 aliphatic rings. The van der Waals surface area contributed by atoms with E-state index in [1.807, 2.05) is 54.3 Å². The zero-order valence-electron chi connectivity index (χ0n) is 19.4. The summed E-state index contributed by atoms with van der Waals surface area (Å²) in [6.45, 7) is 8.53. The molecule has 0 amide bonds. The van der Waals surface area contributed by atoms with Gasteiger partial charge in [0.2, 0.25) is 0 Å². The Kier molecular flexibility index (Phi) is 5.87. The van der Waals surface area contributed by atoms with E-state index in [1.165, 1.54) is 5.69 Å². The largest absolute Gasteiger partial charge is 0.388 e. The number of aliphatic hydroxyl groups is 1. The van der Waals surface area contributed by atoms with Crippen molar-refractivity contribution >= 4 is 11.3 Å². The van der Waals surface area contributed by atoms with Crippen LogP contribution in [0.3, 0.4) is 0 Å². The zero-order valence-corrected chi connectivity index (χ0v) is 19.4. The molecular weight excluding hydrogens is 410 g/mol. The van der Waals surface area contributed by atoms with E-state index in [2.05, 4.69) is 53.4 Å². The summed E-state index contributed by atoms with van der Waals surface area (Å²) in [6, 6.07) is 17.7. The lowest BCUT2D eigenvalue weighted by Gasteiger charge is -2.41. The molecule has 2 aromatic carbocycles. The Labute approximate surface area is 194 Å². The molecule has 4 aromatic rings. The normalized spacial score (nSPS) is 19.7. The van der Waals surface area contributed by atoms with E-state index in [0.717, 1.165) is 46.6 Å². The van der Waals surface area contributed by atoms with Crippen molar-refractivity contribution in [2.45, 2.75) is 45.4 Å². The SMILES string of the molecule is CCC(O)c1cccc(-c2cnn3cc(-c4ccc(N5[C@H](C)CNC[C@@H]5C)cc4)cnc23)c1. The van der Waals surface area contributed by atoms with E-state index in [9.17, 15) is 5.11 Å². The number of anilines is 1. The quantitative estimate of drug-likeness (QED) is 0.470. The number of nitrogens with one attached hydrogen (secondary N) is 1. The van der Waals surface area contributed by atoms with Gasteiger partial charge in [-0.1, -0.05) is 37.3 Å². The third kappa shape index (κ3) is 4.12. The lowest BCUT2D eigenvalue weighted by atomic mass is 10.0. The van der Waals surface area contributed by atoms with Gasteiger partial charge < -0.3 is 15.3 Å². The van der Waals surface area contributed by atoms with Crippen molar-refractivity contribution < 1.29 is 5.11 Å². The first-order valence-corrected chi connectivity index (χ1v) is 11.8. The predicted molar refractivity (Wildman–Crippen MR) is 133 cm³/mol. The Morgan fingerprint density at radius 3 is 2.48 bits per heavy atom. The highest BCUT2D eigenvalue weighted by Crippen LogP contribution is 2.30. The maximum Gasteiger partial charge on any atom is 0.162 e. The van der Waals surface area contributed by atoms with Crippen LogP contribution in [0.15, 0.2) is 67.1 Å². The van der Waals surface area contributed by atoms with Crippen LogP contribution in [-0.4, -0.2) is 44.9 Å². The summed E-state index contributed by atoms with van der Waals surface area (Å²) in [4.78, 5) is 7.24. The van der Waals surface area contributed by atoms with Gasteiger partial charge in [-0.25, -0.2) is 9.50 Å². The smallest absolute Gasteiger partial charge is 0.162 e. The number of hydrogen-bond acceptors (Lipinski definition) is 5. The number of aliphatic hydroxyl groups excluding tert-OH is 1. The van der Waals surface area contributed by atoms with Crippen molar-refractivity contribution in [3.05, 3.63) is 72.7 Å². The number of benzene rings is 2. The molecule has 2 N–H and O–H groups in total. The number of hydrogen-bond donors (Lipinski definition) is 2. The van der Waals surface area contributed by atoms with Crippen LogP contribution in [0, 0.1) is 0 Å². The Hall–Kier alpha value is -3.22. The average molecular weight is 442 g/mol. The van der Waals surface area contributed by atoms with E-state index >= 15 is 0 Å². The Morgan fingerprint density at radius 2 is 1.76 bits per heavy atom. The van der Waals surface area contributed by atoms with Crippen molar-refractivity contribution in [1.82, 2.24) is 19.9 Å². The molecule has 3 atom stereocenters. The minimum absolute atomic E-state index is 0.457. The molecule has 0 bridgehead atoms. The highest BCUT2D eigenvalue weighted by molar-refractivity contribution is 5.78. The molecule has 3 heterocycles. The molecular formula is C27H31N5O. The highest BCUT2D eigenvalue weighted by atomic mass is 16.3. The van der Waals surface area contributed by atoms with E-state index < -0.39 is 6.10 Å². The van der Waals surface area contributed by atoms with Crippen LogP contribution in [0.4, 0.5) is 5.69 Å². The molecule has 5 rings (SSSR count). The summed E-state index contributed by atoms with van der Waals surface area (Å²) in [5.41, 5.74) is 7.10. The van der Waals surface area contributed by atoms with Gasteiger partial charge in [0, 0.05) is 54.4 Å². The number of nitrogens with zero attached hydrogens (tertiary/aromatic N) is 4. The summed E-state index contributed by atoms with van der Waals surface area (Å²) >= 11 is 0. The summed E-state index contributed by atoms with van der Waals surface area (Å²) in [5.74, 6) is 0. The molecule has 0 spiro atoms. The van der Waals surface area contributed by atoms with Gasteiger partial charge in [-0.05, 0) is 55.2 Å². The molecule has 1 saturated heterocycles. The molecule has 2 aromatic heterocycles. The number of fused-ring (bicyclic) bond motifs is 1. The minimum atomic E-state index is -0.457. The Balaban J connectivity index is 1.43. The molecule has 0 aliphatic carbocycles. The minimum Gasteiger partial charge on any atom is -0.388 e. The highest BCUT2D eigenvalue weighted by Gasteiger charge is 2.24. The fourth-order valence-electron chi connectivity index (χ4n) is 4.84. The Morgan fingerprint density at radius 1 is 1.00 bits per heavy atom. The van der Waals surface area contributed by atoms with Crippen molar-refractivity contribution in [1.29, 1.82) is 0 Å². The van der Waals surface area contributed by atoms with E-state index in [4.69, 9.17) is 4.98 Å². The first-order chi connectivity index (χ1) is 16.0. The maximum atomic E-state index is 10.2. The van der Waals surface area contributed by atoms with Gasteiger partial charge in [-0.2, -0.15) is 5.10 Å². The Bertz CT molecular complexity index is 1240. The standard InChI is InChI=1S/C27H31N5O/c1-4-26(33)22-7-5-6-21(12-22)25-16-30-31-17-23(15-29-27(25)31)20-8-10-24(11-9-20)32-18(2)13-28-14-19(32)3/h5-12,15-19,26,28,33H,4,13-14H2,1-3H3/t18-,19+,26?. The number of piperazine rings is 1. The van der Waals surface area contributed by atoms with E-state index in [-0.39, 0.29) is 0 Å². The molecule has 0 saturated carbocycles. The van der Waals surface area contributed by atoms with Gasteiger partial charge in [0.25, 0.3) is 0 Å². The molecule has 1 unspecified atom stereocenters. The van der Waals surface area contributed by atoms with Gasteiger partial charge in [0.05, 0.1) is 12.3 Å².